The van der Waals surface area contributed by atoms with E-state index in [1.807, 2.05) is 43.3 Å². The van der Waals surface area contributed by atoms with Crippen LogP contribution in [0.25, 0.3) is 0 Å². The normalized spacial score (nSPS) is 20.6. The summed E-state index contributed by atoms with van der Waals surface area (Å²) in [5, 5.41) is 2.67. The number of fused-ring (bicyclic) bond motifs is 1. The fraction of sp³-hybridized carbons (Fsp3) is 0.610. The number of hydrogen-bond donors (Lipinski definition) is 2. The van der Waals surface area contributed by atoms with Crippen molar-refractivity contribution in [2.24, 2.45) is 5.92 Å². The number of piperidine rings is 3. The lowest BCUT2D eigenvalue weighted by Crippen LogP contribution is -2.53. The van der Waals surface area contributed by atoms with E-state index in [-0.39, 0.29) is 60.1 Å². The van der Waals surface area contributed by atoms with Gasteiger partial charge in [-0.3, -0.25) is 14.5 Å². The molecule has 318 valence electrons. The molecule has 0 bridgehead atoms. The van der Waals surface area contributed by atoms with E-state index in [2.05, 4.69) is 10.2 Å². The summed E-state index contributed by atoms with van der Waals surface area (Å²) in [5.74, 6) is -0.907. The van der Waals surface area contributed by atoms with Crippen LogP contribution in [0, 0.1) is 5.92 Å². The number of anilines is 2. The fourth-order valence-corrected chi connectivity index (χ4v) is 8.81. The number of carbonyl (C=O) groups is 4. The number of nitrogen functional groups attached to an aromatic ring is 1. The minimum Gasteiger partial charge on any atom is -0.465 e. The molecule has 0 radical (unpaired) electrons. The zero-order valence-electron chi connectivity index (χ0n) is 33.3. The van der Waals surface area contributed by atoms with Gasteiger partial charge in [0, 0.05) is 70.0 Å². The van der Waals surface area contributed by atoms with Gasteiger partial charge in [-0.15, -0.1) is 0 Å². The zero-order valence-corrected chi connectivity index (χ0v) is 34.0. The average molecular weight is 834 g/mol. The Morgan fingerprint density at radius 3 is 2.36 bits per heavy atom. The lowest BCUT2D eigenvalue weighted by Gasteiger charge is -2.42. The van der Waals surface area contributed by atoms with Crippen LogP contribution < -0.4 is 11.1 Å². The zero-order chi connectivity index (χ0) is 41.6. The van der Waals surface area contributed by atoms with Crippen LogP contribution in [0.2, 0.25) is 5.02 Å². The molecule has 2 atom stereocenters. The number of para-hydroxylation sites is 1. The lowest BCUT2D eigenvalue weighted by atomic mass is 9.93. The van der Waals surface area contributed by atoms with Crippen LogP contribution in [0.4, 0.5) is 34.1 Å². The first-order valence-corrected chi connectivity index (χ1v) is 20.7. The van der Waals surface area contributed by atoms with Gasteiger partial charge in [0.1, 0.15) is 0 Å². The van der Waals surface area contributed by atoms with Crippen molar-refractivity contribution < 1.29 is 41.8 Å². The van der Waals surface area contributed by atoms with Crippen molar-refractivity contribution in [3.8, 4) is 0 Å². The second-order valence-electron chi connectivity index (χ2n) is 16.1. The third-order valence-electron chi connectivity index (χ3n) is 11.8. The molecule has 3 saturated heterocycles. The number of carbonyl (C=O) groups excluding carboxylic acids is 4. The number of esters is 1. The SMILES string of the molecule is CN(C)CCCOC(=O)[C@@H]1CCCN(C2CCN(C(=O)[C@@H](Cc3cc(Cl)c(N)c(C(F)(F)F)c3)OC(=O)N3CCC(N4CCc5ccccc5NC4=O)CC3)CC2)C1. The quantitative estimate of drug-likeness (QED) is 0.165. The van der Waals surface area contributed by atoms with Gasteiger partial charge in [-0.1, -0.05) is 29.8 Å². The molecule has 0 spiro atoms. The molecular weight excluding hydrogens is 779 g/mol. The summed E-state index contributed by atoms with van der Waals surface area (Å²) < 4.78 is 53.2. The van der Waals surface area contributed by atoms with E-state index < -0.39 is 35.5 Å². The Hall–Kier alpha value is -4.28. The Morgan fingerprint density at radius 2 is 1.66 bits per heavy atom. The second kappa shape index (κ2) is 19.2. The van der Waals surface area contributed by atoms with Crippen LogP contribution in [0.3, 0.4) is 0 Å². The lowest BCUT2D eigenvalue weighted by molar-refractivity contribution is -0.151. The first-order valence-electron chi connectivity index (χ1n) is 20.3. The maximum atomic E-state index is 14.2. The molecule has 4 aliphatic rings. The number of rotatable bonds is 11. The van der Waals surface area contributed by atoms with Gasteiger partial charge in [0.2, 0.25) is 0 Å². The van der Waals surface area contributed by atoms with E-state index in [0.29, 0.717) is 64.9 Å². The van der Waals surface area contributed by atoms with Gasteiger partial charge < -0.3 is 40.1 Å². The molecule has 0 unspecified atom stereocenters. The van der Waals surface area contributed by atoms with Crippen LogP contribution in [0.5, 0.6) is 0 Å². The Kier molecular flexibility index (Phi) is 14.3. The standard InChI is InChI=1S/C41H55ClF3N7O6/c1-48(2)15-6-22-57-38(54)29-8-5-16-51(26-29)30-11-17-49(18-12-30)37(53)35(25-27-23-32(41(43,44)45)36(46)33(42)24-27)58-40(56)50-19-13-31(14-20-50)52-21-10-28-7-3-4-9-34(28)47-39(52)55/h3-4,7,9,23-24,29-31,35H,5-6,8,10-22,25-26,46H2,1-2H3,(H,47,55)/t29-,35-/m1/s1. The van der Waals surface area contributed by atoms with Gasteiger partial charge >= 0.3 is 24.3 Å². The van der Waals surface area contributed by atoms with Gasteiger partial charge in [0.15, 0.2) is 6.10 Å². The number of nitrogens with two attached hydrogens (primary N) is 1. The van der Waals surface area contributed by atoms with Crippen LogP contribution in [-0.4, -0.2) is 140 Å². The van der Waals surface area contributed by atoms with Gasteiger partial charge in [0.25, 0.3) is 5.91 Å². The topological polar surface area (TPSA) is 141 Å². The molecule has 58 heavy (non-hydrogen) atoms. The summed E-state index contributed by atoms with van der Waals surface area (Å²) in [7, 11) is 3.94. The van der Waals surface area contributed by atoms with Crippen molar-refractivity contribution in [3.05, 3.63) is 58.1 Å². The van der Waals surface area contributed by atoms with Crippen molar-refractivity contribution in [2.75, 3.05) is 84.1 Å². The average Bonchev–Trinajstić information content (AvgIpc) is 3.37. The molecule has 0 saturated carbocycles. The largest absolute Gasteiger partial charge is 0.465 e. The molecule has 6 rings (SSSR count). The van der Waals surface area contributed by atoms with E-state index in [0.717, 1.165) is 49.7 Å². The number of nitrogens with zero attached hydrogens (tertiary/aromatic N) is 5. The smallest absolute Gasteiger partial charge is 0.418 e. The number of benzene rings is 2. The summed E-state index contributed by atoms with van der Waals surface area (Å²) >= 11 is 6.15. The summed E-state index contributed by atoms with van der Waals surface area (Å²) in [6, 6.07) is 9.58. The predicted octanol–water partition coefficient (Wildman–Crippen LogP) is 5.74. The second-order valence-corrected chi connectivity index (χ2v) is 16.5. The highest BCUT2D eigenvalue weighted by Gasteiger charge is 2.39. The Labute approximate surface area is 342 Å². The van der Waals surface area contributed by atoms with E-state index in [1.165, 1.54) is 11.0 Å². The number of likely N-dealkylation sites (tertiary alicyclic amines) is 3. The number of amides is 4. The molecular formula is C41H55ClF3N7O6. The van der Waals surface area contributed by atoms with Crippen molar-refractivity contribution in [2.45, 2.75) is 82.2 Å². The van der Waals surface area contributed by atoms with Gasteiger partial charge in [0.05, 0.1) is 28.8 Å². The molecule has 2 aromatic rings. The van der Waals surface area contributed by atoms with Crippen molar-refractivity contribution in [1.82, 2.24) is 24.5 Å². The summed E-state index contributed by atoms with van der Waals surface area (Å²) in [6.45, 7) is 4.36. The molecule has 4 heterocycles. The van der Waals surface area contributed by atoms with Crippen LogP contribution in [0.1, 0.15) is 61.6 Å². The summed E-state index contributed by atoms with van der Waals surface area (Å²) in [4.78, 5) is 63.1. The number of urea groups is 1. The molecule has 3 fully saturated rings. The van der Waals surface area contributed by atoms with Crippen LogP contribution >= 0.6 is 11.6 Å². The number of nitrogens with one attached hydrogen (secondary N) is 1. The van der Waals surface area contributed by atoms with Crippen molar-refractivity contribution in [3.63, 3.8) is 0 Å². The monoisotopic (exact) mass is 833 g/mol. The minimum absolute atomic E-state index is 0.0485. The predicted molar refractivity (Wildman–Crippen MR) is 213 cm³/mol. The van der Waals surface area contributed by atoms with Crippen LogP contribution in [0.15, 0.2) is 36.4 Å². The van der Waals surface area contributed by atoms with E-state index >= 15 is 0 Å². The van der Waals surface area contributed by atoms with Crippen LogP contribution in [-0.2, 0) is 38.1 Å². The maximum absolute atomic E-state index is 14.2. The molecule has 0 aliphatic carbocycles. The van der Waals surface area contributed by atoms with E-state index in [1.54, 1.807) is 9.80 Å². The highest BCUT2D eigenvalue weighted by Crippen LogP contribution is 2.38. The Balaban J connectivity index is 1.08. The number of halogens is 4. The van der Waals surface area contributed by atoms with Crippen molar-refractivity contribution >= 4 is 47.0 Å². The molecule has 4 amide bonds. The third kappa shape index (κ3) is 10.9. The first kappa shape index (κ1) is 43.3. The molecule has 3 N–H and O–H groups in total. The highest BCUT2D eigenvalue weighted by molar-refractivity contribution is 6.33. The minimum atomic E-state index is -4.80. The molecule has 0 aromatic heterocycles. The third-order valence-corrected chi connectivity index (χ3v) is 12.1. The summed E-state index contributed by atoms with van der Waals surface area (Å²) in [5.41, 5.74) is 5.81. The fourth-order valence-electron chi connectivity index (χ4n) is 8.57. The number of ether oxygens (including phenoxy) is 2. The van der Waals surface area contributed by atoms with E-state index in [9.17, 15) is 32.3 Å². The maximum Gasteiger partial charge on any atom is 0.418 e. The van der Waals surface area contributed by atoms with Gasteiger partial charge in [-0.2, -0.15) is 13.2 Å². The molecule has 13 nitrogen and oxygen atoms in total. The molecule has 2 aromatic carbocycles. The number of alkyl halides is 3. The number of hydrogen-bond acceptors (Lipinski definition) is 9. The highest BCUT2D eigenvalue weighted by atomic mass is 35.5. The Morgan fingerprint density at radius 1 is 0.966 bits per heavy atom. The van der Waals surface area contributed by atoms with E-state index in [4.69, 9.17) is 26.8 Å². The Bertz CT molecular complexity index is 1780. The van der Waals surface area contributed by atoms with Crippen molar-refractivity contribution in [1.29, 1.82) is 0 Å². The molecule has 17 heteroatoms. The molecule has 4 aliphatic heterocycles. The van der Waals surface area contributed by atoms with Gasteiger partial charge in [-0.05, 0) is 101 Å². The summed E-state index contributed by atoms with van der Waals surface area (Å²) in [6.07, 6.45) is -2.06. The first-order chi connectivity index (χ1) is 27.7. The van der Waals surface area contributed by atoms with Gasteiger partial charge in [-0.25, -0.2) is 9.59 Å².